The molecule has 0 spiro atoms. The fourth-order valence-corrected chi connectivity index (χ4v) is 4.60. The van der Waals surface area contributed by atoms with Gasteiger partial charge in [0.1, 0.15) is 23.3 Å². The normalized spacial score (nSPS) is 11.9. The van der Waals surface area contributed by atoms with Gasteiger partial charge in [0.25, 0.3) is 0 Å². The molecular weight excluding hydrogens is 560 g/mol. The Labute approximate surface area is 238 Å². The molecule has 0 aliphatic heterocycles. The first-order valence-electron chi connectivity index (χ1n) is 13.3. The summed E-state index contributed by atoms with van der Waals surface area (Å²) in [4.78, 5) is 0. The first-order valence-corrected chi connectivity index (χ1v) is 13.3. The van der Waals surface area contributed by atoms with Crippen LogP contribution in [0, 0.1) is 34.9 Å². The van der Waals surface area contributed by atoms with E-state index < -0.39 is 46.6 Å². The summed E-state index contributed by atoms with van der Waals surface area (Å²) < 4.78 is 114. The lowest BCUT2D eigenvalue weighted by Crippen LogP contribution is -1.99. The Morgan fingerprint density at radius 1 is 0.619 bits per heavy atom. The van der Waals surface area contributed by atoms with Gasteiger partial charge in [-0.3, -0.25) is 0 Å². The first kappa shape index (κ1) is 30.8. The molecule has 0 aromatic heterocycles. The second-order valence-electron chi connectivity index (χ2n) is 9.83. The number of unbranched alkanes of at least 4 members (excludes halogenated alkanes) is 2. The Morgan fingerprint density at radius 2 is 1.24 bits per heavy atom. The number of aryl methyl sites for hydroxylation is 2. The molecule has 0 radical (unpaired) electrons. The third kappa shape index (κ3) is 7.16. The number of hydrogen-bond acceptors (Lipinski definition) is 0. The van der Waals surface area contributed by atoms with E-state index in [4.69, 9.17) is 0 Å². The minimum atomic E-state index is -1.60. The van der Waals surface area contributed by atoms with E-state index in [1.807, 2.05) is 0 Å². The Kier molecular flexibility index (Phi) is 9.99. The molecule has 0 aliphatic carbocycles. The van der Waals surface area contributed by atoms with Crippen molar-refractivity contribution >= 4 is 5.83 Å². The fraction of sp³-hybridized carbons (Fsp3) is 0.176. The molecule has 42 heavy (non-hydrogen) atoms. The maximum absolute atomic E-state index is 15.0. The van der Waals surface area contributed by atoms with Crippen LogP contribution in [0.3, 0.4) is 0 Å². The van der Waals surface area contributed by atoms with Gasteiger partial charge >= 0.3 is 0 Å². The largest absolute Gasteiger partial charge is 0.209 e. The summed E-state index contributed by atoms with van der Waals surface area (Å²) in [7, 11) is 0. The summed E-state index contributed by atoms with van der Waals surface area (Å²) in [6.45, 7) is 3.57. The van der Waals surface area contributed by atoms with Crippen molar-refractivity contribution in [3.63, 3.8) is 0 Å². The quantitative estimate of drug-likeness (QED) is 0.0710. The van der Waals surface area contributed by atoms with E-state index in [2.05, 4.69) is 6.58 Å². The Morgan fingerprint density at radius 3 is 1.83 bits per heavy atom. The summed E-state index contributed by atoms with van der Waals surface area (Å²) in [6.07, 6.45) is 3.49. The van der Waals surface area contributed by atoms with E-state index in [9.17, 15) is 35.1 Å². The van der Waals surface area contributed by atoms with Gasteiger partial charge in [0.2, 0.25) is 0 Å². The molecule has 0 saturated carbocycles. The zero-order valence-electron chi connectivity index (χ0n) is 22.4. The molecule has 0 amide bonds. The van der Waals surface area contributed by atoms with Crippen LogP contribution in [0.15, 0.2) is 85.2 Å². The monoisotopic (exact) mass is 586 g/mol. The highest BCUT2D eigenvalue weighted by molar-refractivity contribution is 5.71. The van der Waals surface area contributed by atoms with Crippen LogP contribution in [-0.2, 0) is 12.8 Å². The van der Waals surface area contributed by atoms with Crippen molar-refractivity contribution < 1.29 is 35.1 Å². The number of halogens is 8. The SMILES string of the molecule is C=CCCCCC(F)=C(F)c1ccc(CCc2cc(F)c(-c3ccc(-c4cc(F)c(F)c(F)c4)cc3)c(F)c2)c(F)c1. The average Bonchev–Trinajstić information content (AvgIpc) is 2.96. The first-order chi connectivity index (χ1) is 20.1. The molecule has 0 fully saturated rings. The van der Waals surface area contributed by atoms with Crippen LogP contribution < -0.4 is 0 Å². The highest BCUT2D eigenvalue weighted by Crippen LogP contribution is 2.32. The molecule has 218 valence electrons. The lowest BCUT2D eigenvalue weighted by atomic mass is 9.96. The maximum atomic E-state index is 15.0. The molecule has 0 nitrogen and oxygen atoms in total. The van der Waals surface area contributed by atoms with Crippen LogP contribution in [0.25, 0.3) is 28.1 Å². The molecule has 4 aromatic rings. The predicted octanol–water partition coefficient (Wildman–Crippen LogP) is 11.0. The highest BCUT2D eigenvalue weighted by Gasteiger charge is 2.17. The number of rotatable bonds is 11. The molecule has 0 N–H and O–H groups in total. The van der Waals surface area contributed by atoms with Gasteiger partial charge in [0.05, 0.1) is 5.56 Å². The Balaban J connectivity index is 1.45. The van der Waals surface area contributed by atoms with Gasteiger partial charge in [0.15, 0.2) is 23.3 Å². The summed E-state index contributed by atoms with van der Waals surface area (Å²) in [6, 6.07) is 12.9. The third-order valence-electron chi connectivity index (χ3n) is 6.87. The molecule has 4 rings (SSSR count). The summed E-state index contributed by atoms with van der Waals surface area (Å²) in [5.41, 5.74) is 0.398. The third-order valence-corrected chi connectivity index (χ3v) is 6.87. The van der Waals surface area contributed by atoms with Gasteiger partial charge in [-0.15, -0.1) is 6.58 Å². The van der Waals surface area contributed by atoms with Crippen LogP contribution in [0.4, 0.5) is 35.1 Å². The van der Waals surface area contributed by atoms with Crippen molar-refractivity contribution in [2.75, 3.05) is 0 Å². The molecular formula is C34H26F8. The molecule has 0 bridgehead atoms. The molecule has 0 aliphatic rings. The van der Waals surface area contributed by atoms with Crippen molar-refractivity contribution in [3.8, 4) is 22.3 Å². The van der Waals surface area contributed by atoms with E-state index in [0.717, 1.165) is 30.3 Å². The smallest absolute Gasteiger partial charge is 0.194 e. The number of allylic oxidation sites excluding steroid dienone is 2. The molecule has 4 aromatic carbocycles. The van der Waals surface area contributed by atoms with Crippen LogP contribution in [0.5, 0.6) is 0 Å². The Hall–Kier alpha value is -4.20. The van der Waals surface area contributed by atoms with Crippen LogP contribution in [0.2, 0.25) is 0 Å². The lowest BCUT2D eigenvalue weighted by Gasteiger charge is -2.11. The van der Waals surface area contributed by atoms with Gasteiger partial charge < -0.3 is 0 Å². The summed E-state index contributed by atoms with van der Waals surface area (Å²) >= 11 is 0. The van der Waals surface area contributed by atoms with E-state index >= 15 is 0 Å². The van der Waals surface area contributed by atoms with Crippen LogP contribution in [-0.4, -0.2) is 0 Å². The summed E-state index contributed by atoms with van der Waals surface area (Å²) in [5, 5.41) is 0. The van der Waals surface area contributed by atoms with Gasteiger partial charge in [-0.05, 0) is 90.3 Å². The van der Waals surface area contributed by atoms with E-state index in [-0.39, 0.29) is 52.6 Å². The fourth-order valence-electron chi connectivity index (χ4n) is 4.60. The van der Waals surface area contributed by atoms with Gasteiger partial charge in [-0.2, -0.15) is 0 Å². The van der Waals surface area contributed by atoms with Crippen LogP contribution in [0.1, 0.15) is 42.4 Å². The molecule has 0 atom stereocenters. The minimum Gasteiger partial charge on any atom is -0.209 e. The number of hydrogen-bond donors (Lipinski definition) is 0. The molecule has 0 saturated heterocycles. The highest BCUT2D eigenvalue weighted by atomic mass is 19.2. The standard InChI is InChI=1S/C34H26F8/c1-2-3-4-5-6-26(35)33(41)24-14-11-22(27(36)17-24)8-7-20-15-28(37)32(29(38)16-20)23-12-9-21(10-13-23)25-18-30(39)34(42)31(40)19-25/h2,9-19H,1,3-8H2. The Bertz CT molecular complexity index is 1570. The van der Waals surface area contributed by atoms with Gasteiger partial charge in [0, 0.05) is 12.0 Å². The topological polar surface area (TPSA) is 0 Å². The van der Waals surface area contributed by atoms with Crippen molar-refractivity contribution in [2.45, 2.75) is 38.5 Å². The second kappa shape index (κ2) is 13.6. The van der Waals surface area contributed by atoms with Crippen LogP contribution >= 0.6 is 0 Å². The van der Waals surface area contributed by atoms with E-state index in [1.54, 1.807) is 6.08 Å². The zero-order valence-corrected chi connectivity index (χ0v) is 22.4. The van der Waals surface area contributed by atoms with Gasteiger partial charge in [-0.25, -0.2) is 35.1 Å². The minimum absolute atomic E-state index is 0.0534. The second-order valence-corrected chi connectivity index (χ2v) is 9.83. The van der Waals surface area contributed by atoms with E-state index in [0.29, 0.717) is 24.8 Å². The van der Waals surface area contributed by atoms with Gasteiger partial charge in [-0.1, -0.05) is 42.5 Å². The zero-order chi connectivity index (χ0) is 30.4. The lowest BCUT2D eigenvalue weighted by molar-refractivity contribution is 0.448. The average molecular weight is 587 g/mol. The van der Waals surface area contributed by atoms with Crippen molar-refractivity contribution in [2.24, 2.45) is 0 Å². The molecule has 0 unspecified atom stereocenters. The number of benzene rings is 4. The molecule has 0 heterocycles. The summed E-state index contributed by atoms with van der Waals surface area (Å²) in [5.74, 6) is -8.90. The van der Waals surface area contributed by atoms with Crippen molar-refractivity contribution in [3.05, 3.63) is 137 Å². The predicted molar refractivity (Wildman–Crippen MR) is 149 cm³/mol. The van der Waals surface area contributed by atoms with Crippen molar-refractivity contribution in [1.29, 1.82) is 0 Å². The maximum Gasteiger partial charge on any atom is 0.194 e. The van der Waals surface area contributed by atoms with E-state index in [1.165, 1.54) is 36.4 Å². The van der Waals surface area contributed by atoms with Crippen molar-refractivity contribution in [1.82, 2.24) is 0 Å². The molecule has 8 heteroatoms.